The summed E-state index contributed by atoms with van der Waals surface area (Å²) in [4.78, 5) is 12.2. The summed E-state index contributed by atoms with van der Waals surface area (Å²) in [6.45, 7) is 6.69. The van der Waals surface area contributed by atoms with E-state index in [1.54, 1.807) is 6.07 Å². The molecule has 0 bridgehead atoms. The van der Waals surface area contributed by atoms with Crippen LogP contribution < -0.4 is 14.9 Å². The van der Waals surface area contributed by atoms with E-state index in [1.807, 2.05) is 24.3 Å². The lowest BCUT2D eigenvalue weighted by molar-refractivity contribution is -0.130. The molecule has 5 heteroatoms. The van der Waals surface area contributed by atoms with Crippen molar-refractivity contribution in [3.8, 4) is 11.5 Å². The summed E-state index contributed by atoms with van der Waals surface area (Å²) in [6.07, 6.45) is 3.25. The molecule has 122 valence electrons. The van der Waals surface area contributed by atoms with Crippen molar-refractivity contribution < 1.29 is 14.3 Å². The first kappa shape index (κ1) is 15.6. The molecule has 1 aliphatic carbocycles. The van der Waals surface area contributed by atoms with Gasteiger partial charge in [-0.1, -0.05) is 31.6 Å². The Morgan fingerprint density at radius 2 is 2.00 bits per heavy atom. The Morgan fingerprint density at radius 1 is 1.26 bits per heavy atom. The normalized spacial score (nSPS) is 24.0. The van der Waals surface area contributed by atoms with Gasteiger partial charge < -0.3 is 9.47 Å². The van der Waals surface area contributed by atoms with Crippen LogP contribution in [0.5, 0.6) is 11.5 Å². The van der Waals surface area contributed by atoms with E-state index in [1.165, 1.54) is 5.57 Å². The Hall–Kier alpha value is -2.30. The minimum atomic E-state index is -0.684. The Morgan fingerprint density at radius 3 is 2.74 bits per heavy atom. The van der Waals surface area contributed by atoms with E-state index in [0.717, 1.165) is 18.6 Å². The van der Waals surface area contributed by atoms with E-state index in [0.29, 0.717) is 11.5 Å². The first-order chi connectivity index (χ1) is 10.9. The van der Waals surface area contributed by atoms with Crippen molar-refractivity contribution in [2.75, 3.05) is 6.61 Å². The van der Waals surface area contributed by atoms with Crippen LogP contribution in [0.15, 0.2) is 41.0 Å². The van der Waals surface area contributed by atoms with Gasteiger partial charge in [0.2, 0.25) is 6.10 Å². The van der Waals surface area contributed by atoms with Gasteiger partial charge in [0.25, 0.3) is 5.91 Å². The van der Waals surface area contributed by atoms with Crippen molar-refractivity contribution in [1.29, 1.82) is 0 Å². The predicted octanol–water partition coefficient (Wildman–Crippen LogP) is 3.06. The number of carbonyl (C=O) groups is 1. The highest BCUT2D eigenvalue weighted by Gasteiger charge is 2.28. The number of rotatable bonds is 2. The van der Waals surface area contributed by atoms with Crippen LogP contribution in [0.25, 0.3) is 0 Å². The molecule has 2 aliphatic rings. The van der Waals surface area contributed by atoms with Gasteiger partial charge in [-0.15, -0.1) is 0 Å². The molecule has 1 N–H and O–H groups in total. The van der Waals surface area contributed by atoms with E-state index in [-0.39, 0.29) is 17.9 Å². The third-order valence-electron chi connectivity index (χ3n) is 3.94. The fourth-order valence-corrected chi connectivity index (χ4v) is 3.11. The zero-order valence-corrected chi connectivity index (χ0v) is 13.8. The zero-order chi connectivity index (χ0) is 16.4. The van der Waals surface area contributed by atoms with Crippen molar-refractivity contribution in [3.05, 3.63) is 35.9 Å². The number of nitrogens with zero attached hydrogens (tertiary/aromatic N) is 1. The lowest BCUT2D eigenvalue weighted by atomic mass is 9.77. The van der Waals surface area contributed by atoms with Gasteiger partial charge in [-0.3, -0.25) is 4.79 Å². The molecule has 1 aromatic rings. The summed E-state index contributed by atoms with van der Waals surface area (Å²) in [5, 5.41) is 4.27. The van der Waals surface area contributed by atoms with Crippen LogP contribution in [-0.2, 0) is 4.79 Å². The number of hydrogen-bond acceptors (Lipinski definition) is 4. The third-order valence-corrected chi connectivity index (χ3v) is 3.94. The van der Waals surface area contributed by atoms with E-state index in [4.69, 9.17) is 9.47 Å². The summed E-state index contributed by atoms with van der Waals surface area (Å²) < 4.78 is 11.2. The van der Waals surface area contributed by atoms with Crippen LogP contribution in [0.4, 0.5) is 0 Å². The van der Waals surface area contributed by atoms with Crippen molar-refractivity contribution in [1.82, 2.24) is 5.43 Å². The maximum Gasteiger partial charge on any atom is 0.284 e. The number of ether oxygens (including phenoxy) is 2. The number of nitrogens with one attached hydrogen (secondary N) is 1. The van der Waals surface area contributed by atoms with Gasteiger partial charge in [-0.05, 0) is 43.4 Å². The molecule has 0 aromatic heterocycles. The molecule has 5 nitrogen and oxygen atoms in total. The lowest BCUT2D eigenvalue weighted by Gasteiger charge is -2.29. The number of para-hydroxylation sites is 2. The molecular weight excluding hydrogens is 292 g/mol. The minimum Gasteiger partial charge on any atom is -0.485 e. The fourth-order valence-electron chi connectivity index (χ4n) is 3.11. The van der Waals surface area contributed by atoms with E-state index in [2.05, 4.69) is 31.3 Å². The Bertz CT molecular complexity index is 677. The number of carbonyl (C=O) groups excluding carboxylic acids is 1. The van der Waals surface area contributed by atoms with Gasteiger partial charge in [-0.2, -0.15) is 5.10 Å². The van der Waals surface area contributed by atoms with Crippen LogP contribution in [0.1, 0.15) is 33.6 Å². The van der Waals surface area contributed by atoms with Crippen molar-refractivity contribution in [2.24, 2.45) is 10.5 Å². The molecule has 0 saturated carbocycles. The average molecular weight is 314 g/mol. The molecule has 1 heterocycles. The molecule has 1 aliphatic heterocycles. The molecule has 0 radical (unpaired) electrons. The van der Waals surface area contributed by atoms with Crippen LogP contribution in [0.3, 0.4) is 0 Å². The lowest BCUT2D eigenvalue weighted by Crippen LogP contribution is -2.42. The SMILES string of the molecule is CC1=C/C(=N/NC(=O)[C@H]2COc3ccccc3O2)CC(C)(C)C1. The number of hydrogen-bond donors (Lipinski definition) is 1. The first-order valence-corrected chi connectivity index (χ1v) is 7.85. The number of hydrazone groups is 1. The predicted molar refractivity (Wildman–Crippen MR) is 88.7 cm³/mol. The largest absolute Gasteiger partial charge is 0.485 e. The quantitative estimate of drug-likeness (QED) is 0.854. The molecule has 0 saturated heterocycles. The van der Waals surface area contributed by atoms with E-state index < -0.39 is 6.10 Å². The van der Waals surface area contributed by atoms with Crippen LogP contribution in [0, 0.1) is 5.41 Å². The molecule has 23 heavy (non-hydrogen) atoms. The molecule has 1 aromatic carbocycles. The highest BCUT2D eigenvalue weighted by atomic mass is 16.6. The van der Waals surface area contributed by atoms with Gasteiger partial charge in [-0.25, -0.2) is 5.43 Å². The topological polar surface area (TPSA) is 59.9 Å². The smallest absolute Gasteiger partial charge is 0.284 e. The van der Waals surface area contributed by atoms with Crippen molar-refractivity contribution in [2.45, 2.75) is 39.7 Å². The molecule has 0 unspecified atom stereocenters. The molecule has 0 fully saturated rings. The Balaban J connectivity index is 1.64. The fraction of sp³-hybridized carbons (Fsp3) is 0.444. The van der Waals surface area contributed by atoms with E-state index in [9.17, 15) is 4.79 Å². The highest BCUT2D eigenvalue weighted by molar-refractivity contribution is 5.97. The standard InChI is InChI=1S/C18H22N2O3/c1-12-8-13(10-18(2,3)9-12)19-20-17(21)16-11-22-14-6-4-5-7-15(14)23-16/h4-8,16H,9-11H2,1-3H3,(H,20,21)/b19-13-/t16-/m1/s1. The summed E-state index contributed by atoms with van der Waals surface area (Å²) in [5.41, 5.74) is 4.95. The number of fused-ring (bicyclic) bond motifs is 1. The maximum absolute atomic E-state index is 12.2. The van der Waals surface area contributed by atoms with Crippen molar-refractivity contribution in [3.63, 3.8) is 0 Å². The Kier molecular flexibility index (Phi) is 4.11. The monoisotopic (exact) mass is 314 g/mol. The van der Waals surface area contributed by atoms with Crippen LogP contribution >= 0.6 is 0 Å². The molecule has 0 spiro atoms. The summed E-state index contributed by atoms with van der Waals surface area (Å²) >= 11 is 0. The minimum absolute atomic E-state index is 0.172. The maximum atomic E-state index is 12.2. The second-order valence-electron chi connectivity index (χ2n) is 6.95. The van der Waals surface area contributed by atoms with Gasteiger partial charge >= 0.3 is 0 Å². The second kappa shape index (κ2) is 6.07. The number of allylic oxidation sites excluding steroid dienone is 2. The molecular formula is C18H22N2O3. The number of benzene rings is 1. The van der Waals surface area contributed by atoms with Gasteiger partial charge in [0.1, 0.15) is 6.61 Å². The van der Waals surface area contributed by atoms with Gasteiger partial charge in [0, 0.05) is 0 Å². The molecule has 3 rings (SSSR count). The summed E-state index contributed by atoms with van der Waals surface area (Å²) in [7, 11) is 0. The second-order valence-corrected chi connectivity index (χ2v) is 6.95. The molecule has 1 atom stereocenters. The van der Waals surface area contributed by atoms with Crippen molar-refractivity contribution >= 4 is 11.6 Å². The number of amides is 1. The third kappa shape index (κ3) is 3.73. The highest BCUT2D eigenvalue weighted by Crippen LogP contribution is 2.34. The van der Waals surface area contributed by atoms with Crippen LogP contribution in [0.2, 0.25) is 0 Å². The summed E-state index contributed by atoms with van der Waals surface area (Å²) in [6, 6.07) is 7.33. The zero-order valence-electron chi connectivity index (χ0n) is 13.8. The Labute approximate surface area is 136 Å². The van der Waals surface area contributed by atoms with Gasteiger partial charge in [0.15, 0.2) is 11.5 Å². The molecule has 1 amide bonds. The van der Waals surface area contributed by atoms with Crippen LogP contribution in [-0.4, -0.2) is 24.3 Å². The first-order valence-electron chi connectivity index (χ1n) is 7.85. The average Bonchev–Trinajstić information content (AvgIpc) is 2.50. The summed E-state index contributed by atoms with van der Waals surface area (Å²) in [5.74, 6) is 0.956. The van der Waals surface area contributed by atoms with E-state index >= 15 is 0 Å². The van der Waals surface area contributed by atoms with Gasteiger partial charge in [0.05, 0.1) is 5.71 Å².